The lowest BCUT2D eigenvalue weighted by Crippen LogP contribution is -2.41. The average Bonchev–Trinajstić information content (AvgIpc) is 2.68. The average molecular weight is 290 g/mol. The van der Waals surface area contributed by atoms with E-state index in [0.717, 1.165) is 11.0 Å². The van der Waals surface area contributed by atoms with Gasteiger partial charge in [-0.2, -0.15) is 0 Å². The number of benzene rings is 1. The Morgan fingerprint density at radius 1 is 1.00 bits per heavy atom. The molecule has 5 heteroatoms. The van der Waals surface area contributed by atoms with Crippen molar-refractivity contribution in [2.45, 2.75) is 45.0 Å². The summed E-state index contributed by atoms with van der Waals surface area (Å²) in [7, 11) is -0.364. The molecule has 0 bridgehead atoms. The van der Waals surface area contributed by atoms with Crippen LogP contribution in [0.5, 0.6) is 0 Å². The van der Waals surface area contributed by atoms with Crippen LogP contribution in [0.3, 0.4) is 0 Å². The molecule has 2 aliphatic heterocycles. The summed E-state index contributed by atoms with van der Waals surface area (Å²) in [5.41, 5.74) is 1.45. The summed E-state index contributed by atoms with van der Waals surface area (Å²) in [6, 6.07) is 8.14. The molecule has 0 spiro atoms. The highest BCUT2D eigenvalue weighted by Gasteiger charge is 2.52. The van der Waals surface area contributed by atoms with E-state index in [1.165, 1.54) is 0 Å². The van der Waals surface area contributed by atoms with E-state index in [4.69, 9.17) is 18.8 Å². The predicted molar refractivity (Wildman–Crippen MR) is 81.7 cm³/mol. The maximum Gasteiger partial charge on any atom is 0.495 e. The van der Waals surface area contributed by atoms with Crippen LogP contribution in [0, 0.1) is 0 Å². The van der Waals surface area contributed by atoms with E-state index in [0.29, 0.717) is 19.8 Å². The van der Waals surface area contributed by atoms with Crippen molar-refractivity contribution < 1.29 is 18.8 Å². The molecule has 2 heterocycles. The van der Waals surface area contributed by atoms with E-state index >= 15 is 0 Å². The van der Waals surface area contributed by atoms with Gasteiger partial charge in [0.05, 0.1) is 31.0 Å². The minimum Gasteiger partial charge on any atom is -0.399 e. The molecule has 0 amide bonds. The zero-order valence-electron chi connectivity index (χ0n) is 13.2. The Labute approximate surface area is 126 Å². The van der Waals surface area contributed by atoms with Gasteiger partial charge in [-0.1, -0.05) is 24.3 Å². The molecule has 4 nitrogen and oxygen atoms in total. The van der Waals surface area contributed by atoms with Crippen LogP contribution < -0.4 is 5.46 Å². The normalized spacial score (nSPS) is 27.8. The maximum atomic E-state index is 6.16. The molecule has 3 rings (SSSR count). The summed E-state index contributed by atoms with van der Waals surface area (Å²) in [5.74, 6) is 0. The Morgan fingerprint density at radius 3 is 2.29 bits per heavy atom. The van der Waals surface area contributed by atoms with Crippen LogP contribution in [0.25, 0.3) is 0 Å². The first-order valence-corrected chi connectivity index (χ1v) is 7.54. The van der Waals surface area contributed by atoms with Crippen LogP contribution in [-0.2, 0) is 18.8 Å². The first kappa shape index (κ1) is 15.0. The van der Waals surface area contributed by atoms with Crippen LogP contribution in [-0.4, -0.2) is 38.1 Å². The fourth-order valence-corrected chi connectivity index (χ4v) is 2.66. The number of rotatable bonds is 2. The second-order valence-corrected chi connectivity index (χ2v) is 6.65. The molecule has 0 saturated carbocycles. The summed E-state index contributed by atoms with van der Waals surface area (Å²) in [6.45, 7) is 10.1. The fourth-order valence-electron chi connectivity index (χ4n) is 2.66. The lowest BCUT2D eigenvalue weighted by Gasteiger charge is -2.32. The molecule has 1 aromatic rings. The Bertz CT molecular complexity index is 493. The summed E-state index contributed by atoms with van der Waals surface area (Å²) in [5, 5.41) is 0. The van der Waals surface area contributed by atoms with Crippen molar-refractivity contribution in [2.24, 2.45) is 0 Å². The smallest absolute Gasteiger partial charge is 0.399 e. The van der Waals surface area contributed by atoms with Crippen LogP contribution >= 0.6 is 0 Å². The van der Waals surface area contributed by atoms with Crippen LogP contribution in [0.4, 0.5) is 0 Å². The number of ether oxygens (including phenoxy) is 2. The SMILES string of the molecule is CC1(C)OB(c2ccccc2C2COCCO2)OC1(C)C. The second kappa shape index (κ2) is 5.40. The Balaban J connectivity index is 1.89. The van der Waals surface area contributed by atoms with E-state index in [2.05, 4.69) is 39.8 Å². The molecule has 2 aliphatic rings. The monoisotopic (exact) mass is 290 g/mol. The molecule has 2 saturated heterocycles. The highest BCUT2D eigenvalue weighted by Crippen LogP contribution is 2.37. The minimum atomic E-state index is -0.364. The Morgan fingerprint density at radius 2 is 1.67 bits per heavy atom. The van der Waals surface area contributed by atoms with Gasteiger partial charge in [0, 0.05) is 0 Å². The Hall–Kier alpha value is -0.875. The molecule has 1 aromatic carbocycles. The second-order valence-electron chi connectivity index (χ2n) is 6.65. The van der Waals surface area contributed by atoms with Gasteiger partial charge in [0.25, 0.3) is 0 Å². The van der Waals surface area contributed by atoms with E-state index in [1.807, 2.05) is 12.1 Å². The highest BCUT2D eigenvalue weighted by molar-refractivity contribution is 6.62. The zero-order chi connectivity index (χ0) is 15.1. The van der Waals surface area contributed by atoms with Gasteiger partial charge in [0.15, 0.2) is 0 Å². The molecule has 0 aliphatic carbocycles. The summed E-state index contributed by atoms with van der Waals surface area (Å²) in [6.07, 6.45) is -0.0472. The van der Waals surface area contributed by atoms with Gasteiger partial charge in [0.2, 0.25) is 0 Å². The van der Waals surface area contributed by atoms with Gasteiger partial charge in [-0.15, -0.1) is 0 Å². The maximum absolute atomic E-state index is 6.16. The largest absolute Gasteiger partial charge is 0.495 e. The van der Waals surface area contributed by atoms with Crippen molar-refractivity contribution in [1.82, 2.24) is 0 Å². The first-order chi connectivity index (χ1) is 9.91. The van der Waals surface area contributed by atoms with Gasteiger partial charge in [-0.05, 0) is 38.7 Å². The molecular weight excluding hydrogens is 267 g/mol. The standard InChI is InChI=1S/C16H23BO4/c1-15(2)16(3,4)21-17(20-15)13-8-6-5-7-12(13)14-11-18-9-10-19-14/h5-8,14H,9-11H2,1-4H3. The first-order valence-electron chi connectivity index (χ1n) is 7.54. The minimum absolute atomic E-state index is 0.0472. The van der Waals surface area contributed by atoms with Crippen LogP contribution in [0.2, 0.25) is 0 Å². The third-order valence-corrected chi connectivity index (χ3v) is 4.67. The number of hydrogen-bond acceptors (Lipinski definition) is 4. The van der Waals surface area contributed by atoms with Gasteiger partial charge in [0.1, 0.15) is 6.10 Å². The summed E-state index contributed by atoms with van der Waals surface area (Å²) in [4.78, 5) is 0. The van der Waals surface area contributed by atoms with Crippen molar-refractivity contribution in [3.63, 3.8) is 0 Å². The highest BCUT2D eigenvalue weighted by atomic mass is 16.7. The quantitative estimate of drug-likeness (QED) is 0.781. The van der Waals surface area contributed by atoms with Crippen molar-refractivity contribution >= 4 is 12.6 Å². The Kier molecular flexibility index (Phi) is 3.86. The van der Waals surface area contributed by atoms with E-state index in [-0.39, 0.29) is 24.4 Å². The van der Waals surface area contributed by atoms with Crippen molar-refractivity contribution in [1.29, 1.82) is 0 Å². The third kappa shape index (κ3) is 2.75. The van der Waals surface area contributed by atoms with E-state index < -0.39 is 0 Å². The molecule has 1 atom stereocenters. The van der Waals surface area contributed by atoms with Gasteiger partial charge in [-0.25, -0.2) is 0 Å². The lowest BCUT2D eigenvalue weighted by atomic mass is 9.74. The summed E-state index contributed by atoms with van der Waals surface area (Å²) < 4.78 is 23.7. The van der Waals surface area contributed by atoms with E-state index in [1.54, 1.807) is 0 Å². The van der Waals surface area contributed by atoms with Crippen molar-refractivity contribution in [3.8, 4) is 0 Å². The third-order valence-electron chi connectivity index (χ3n) is 4.67. The van der Waals surface area contributed by atoms with Crippen LogP contribution in [0.15, 0.2) is 24.3 Å². The molecule has 0 N–H and O–H groups in total. The molecular formula is C16H23BO4. The van der Waals surface area contributed by atoms with Crippen LogP contribution in [0.1, 0.15) is 39.4 Å². The zero-order valence-corrected chi connectivity index (χ0v) is 13.2. The molecule has 21 heavy (non-hydrogen) atoms. The van der Waals surface area contributed by atoms with Gasteiger partial charge >= 0.3 is 7.12 Å². The number of hydrogen-bond donors (Lipinski definition) is 0. The predicted octanol–water partition coefficient (Wildman–Crippen LogP) is 2.07. The summed E-state index contributed by atoms with van der Waals surface area (Å²) >= 11 is 0. The lowest BCUT2D eigenvalue weighted by molar-refractivity contribution is -0.0898. The van der Waals surface area contributed by atoms with E-state index in [9.17, 15) is 0 Å². The van der Waals surface area contributed by atoms with Gasteiger partial charge < -0.3 is 18.8 Å². The topological polar surface area (TPSA) is 36.9 Å². The molecule has 1 unspecified atom stereocenters. The van der Waals surface area contributed by atoms with Gasteiger partial charge in [-0.3, -0.25) is 0 Å². The van der Waals surface area contributed by atoms with Crippen molar-refractivity contribution in [3.05, 3.63) is 29.8 Å². The molecule has 2 fully saturated rings. The molecule has 0 aromatic heterocycles. The molecule has 0 radical (unpaired) electrons. The van der Waals surface area contributed by atoms with Crippen molar-refractivity contribution in [2.75, 3.05) is 19.8 Å². The molecule has 114 valence electrons. The fraction of sp³-hybridized carbons (Fsp3) is 0.625.